The first-order valence-corrected chi connectivity index (χ1v) is 25.7. The Morgan fingerprint density at radius 3 is 2.07 bits per heavy atom. The molecule has 0 saturated carbocycles. The molecule has 5 rings (SSSR count). The van der Waals surface area contributed by atoms with Crippen LogP contribution in [0.1, 0.15) is 104 Å². The quantitative estimate of drug-likeness (QED) is 0.0118. The van der Waals surface area contributed by atoms with E-state index in [-0.39, 0.29) is 85.0 Å². The Bertz CT molecular complexity index is 2990. The molecule has 0 aliphatic heterocycles. The van der Waals surface area contributed by atoms with Crippen molar-refractivity contribution in [1.29, 1.82) is 5.26 Å². The molecule has 0 radical (unpaired) electrons. The van der Waals surface area contributed by atoms with Crippen molar-refractivity contribution in [1.82, 2.24) is 39.2 Å². The van der Waals surface area contributed by atoms with Crippen molar-refractivity contribution in [2.45, 2.75) is 104 Å². The first-order chi connectivity index (χ1) is 34.6. The van der Waals surface area contributed by atoms with Gasteiger partial charge in [-0.25, -0.2) is 15.0 Å². The molecule has 3 aromatic heterocycles. The van der Waals surface area contributed by atoms with E-state index in [9.17, 15) is 29.2 Å². The highest BCUT2D eigenvalue weighted by Crippen LogP contribution is 2.36. The second-order valence-electron chi connectivity index (χ2n) is 17.4. The highest BCUT2D eigenvalue weighted by Gasteiger charge is 2.38. The van der Waals surface area contributed by atoms with E-state index in [1.165, 1.54) is 59.9 Å². The zero-order valence-corrected chi connectivity index (χ0v) is 44.9. The van der Waals surface area contributed by atoms with Crippen LogP contribution in [-0.4, -0.2) is 110 Å². The fourth-order valence-corrected chi connectivity index (χ4v) is 10.8. The molecule has 0 aliphatic carbocycles. The van der Waals surface area contributed by atoms with Crippen LogP contribution in [0, 0.1) is 18.3 Å². The topological polar surface area (TPSA) is 298 Å². The van der Waals surface area contributed by atoms with E-state index in [1.54, 1.807) is 52.8 Å². The molecule has 0 aliphatic rings. The molecule has 9 N–H and O–H groups in total. The minimum Gasteiger partial charge on any atom is -0.494 e. The highest BCUT2D eigenvalue weighted by molar-refractivity contribution is 8.47. The molecule has 24 heteroatoms. The van der Waals surface area contributed by atoms with Crippen molar-refractivity contribution in [2.24, 2.45) is 17.3 Å². The van der Waals surface area contributed by atoms with Crippen molar-refractivity contribution in [3.8, 4) is 17.6 Å². The van der Waals surface area contributed by atoms with Gasteiger partial charge in [0, 0.05) is 50.3 Å². The number of hydrazine groups is 1. The first kappa shape index (κ1) is 57.1. The Balaban J connectivity index is 1.49. The molecule has 2 aromatic carbocycles. The lowest BCUT2D eigenvalue weighted by atomic mass is 9.92. The molecule has 5 aromatic rings. The van der Waals surface area contributed by atoms with Crippen LogP contribution in [-0.2, 0) is 29.2 Å². The number of carbonyl (C=O) groups excluding carboxylic acids is 5. The minimum atomic E-state index is -1.22. The number of nitrogens with zero attached hydrogens (tertiary/aromatic N) is 8. The summed E-state index contributed by atoms with van der Waals surface area (Å²) in [6.07, 6.45) is 4.64. The molecule has 0 fully saturated rings. The molecule has 3 heterocycles. The number of anilines is 2. The standard InChI is InChI=1S/C49H64N14O7S3/c1-10-62-35(22-30(6)59-62)43(67)57-45-55-34-24-32(42(52)66)26-37(70-21-15-18-54-38(64)16-17-48(7,28-50)73-47(71)72-12-3)40(34)61(45)20-14-13-19-60-39-33(23-31(41(51)65)25-36(39)69-9)56-46(60)58-44(68)49(8,27-29(4)5)63(53)11-2/h13-14,22-26H,4,10-12,15-21,27,53H2,1-3,5-9H3,(H2,51,65)(H2,52,66)(H,54,64)(H,55,57,67)(H,56,58,68)/b14-13+. The SMILES string of the molecule is C=C(C)CC(C)(C(=O)Nc1nc2cc(C(N)=O)cc(OC)c2n1C/C=C/Cn1c(NC(=O)c2cc(C)nn2CC)nc2cc(C(N)=O)cc(OCCCNC(=O)CCC(C)(C#N)SC(=S)SCC)c21)N(N)CC. The summed E-state index contributed by atoms with van der Waals surface area (Å²) >= 11 is 8.15. The number of benzene rings is 2. The van der Waals surface area contributed by atoms with Gasteiger partial charge in [-0.3, -0.25) is 45.1 Å². The van der Waals surface area contributed by atoms with Crippen molar-refractivity contribution < 1.29 is 33.4 Å². The van der Waals surface area contributed by atoms with Gasteiger partial charge in [-0.05, 0) is 90.0 Å². The number of aryl methyl sites for hydroxylation is 2. The van der Waals surface area contributed by atoms with Crippen LogP contribution in [0.2, 0.25) is 0 Å². The van der Waals surface area contributed by atoms with Gasteiger partial charge in [-0.1, -0.05) is 55.6 Å². The summed E-state index contributed by atoms with van der Waals surface area (Å²) in [5.74, 6) is 5.32. The molecular weight excluding hydrogens is 993 g/mol. The molecule has 2 unspecified atom stereocenters. The summed E-state index contributed by atoms with van der Waals surface area (Å²) in [6.45, 7) is 18.1. The number of amides is 5. The number of aromatic nitrogens is 6. The Kier molecular flexibility index (Phi) is 19.8. The number of thiocarbonyl (C=S) groups is 1. The number of imidazole rings is 2. The molecular formula is C49H64N14O7S3. The Hall–Kier alpha value is -6.78. The van der Waals surface area contributed by atoms with E-state index in [4.69, 9.17) is 49.0 Å². The second kappa shape index (κ2) is 25.2. The number of fused-ring (bicyclic) bond motifs is 2. The van der Waals surface area contributed by atoms with Crippen LogP contribution in [0.5, 0.6) is 11.5 Å². The number of rotatable bonds is 26. The van der Waals surface area contributed by atoms with E-state index in [0.717, 1.165) is 11.3 Å². The summed E-state index contributed by atoms with van der Waals surface area (Å²) in [7, 11) is 1.44. The number of allylic oxidation sites excluding steroid dienone is 2. The number of likely N-dealkylation sites (N-methyl/N-ethyl adjacent to an activating group) is 1. The molecule has 73 heavy (non-hydrogen) atoms. The van der Waals surface area contributed by atoms with E-state index in [0.29, 0.717) is 57.4 Å². The molecule has 2 atom stereocenters. The lowest BCUT2D eigenvalue weighted by molar-refractivity contribution is -0.127. The normalized spacial score (nSPS) is 13.1. The second-order valence-corrected chi connectivity index (χ2v) is 21.4. The summed E-state index contributed by atoms with van der Waals surface area (Å²) in [5.41, 5.74) is 13.7. The van der Waals surface area contributed by atoms with Gasteiger partial charge in [0.2, 0.25) is 35.5 Å². The number of ether oxygens (including phenoxy) is 2. The molecule has 0 saturated heterocycles. The number of nitrogens with one attached hydrogen (secondary N) is 3. The van der Waals surface area contributed by atoms with Gasteiger partial charge in [0.25, 0.3) is 5.91 Å². The molecule has 0 bridgehead atoms. The van der Waals surface area contributed by atoms with Crippen LogP contribution in [0.25, 0.3) is 22.1 Å². The number of nitrogens with two attached hydrogens (primary N) is 3. The highest BCUT2D eigenvalue weighted by atomic mass is 32.2. The van der Waals surface area contributed by atoms with Crippen LogP contribution in [0.15, 0.2) is 54.6 Å². The molecule has 5 amide bonds. The zero-order valence-electron chi connectivity index (χ0n) is 42.4. The first-order valence-electron chi connectivity index (χ1n) is 23.5. The largest absolute Gasteiger partial charge is 0.494 e. The monoisotopic (exact) mass is 1060 g/mol. The maximum absolute atomic E-state index is 14.2. The number of hydrogen-bond donors (Lipinski definition) is 6. The Morgan fingerprint density at radius 1 is 0.945 bits per heavy atom. The molecule has 0 spiro atoms. The minimum absolute atomic E-state index is 0.0782. The van der Waals surface area contributed by atoms with E-state index < -0.39 is 33.9 Å². The third-order valence-corrected chi connectivity index (χ3v) is 14.3. The maximum atomic E-state index is 14.2. The number of primary amides is 2. The van der Waals surface area contributed by atoms with Crippen LogP contribution >= 0.6 is 35.7 Å². The number of nitriles is 1. The van der Waals surface area contributed by atoms with E-state index in [2.05, 4.69) is 33.7 Å². The van der Waals surface area contributed by atoms with Crippen LogP contribution in [0.4, 0.5) is 11.9 Å². The molecule has 390 valence electrons. The number of methoxy groups -OCH3 is 1. The number of carbonyl (C=O) groups is 5. The lowest BCUT2D eigenvalue weighted by Gasteiger charge is -2.36. The third kappa shape index (κ3) is 14.0. The predicted molar refractivity (Wildman–Crippen MR) is 291 cm³/mol. The summed E-state index contributed by atoms with van der Waals surface area (Å²) in [5, 5.41) is 24.4. The van der Waals surface area contributed by atoms with Gasteiger partial charge in [0.05, 0.1) is 36.5 Å². The fraction of sp³-hybridized carbons (Fsp3) is 0.429. The fourth-order valence-electron chi connectivity index (χ4n) is 7.92. The maximum Gasteiger partial charge on any atom is 0.276 e. The van der Waals surface area contributed by atoms with Crippen molar-refractivity contribution in [3.63, 3.8) is 0 Å². The Labute approximate surface area is 438 Å². The van der Waals surface area contributed by atoms with E-state index >= 15 is 0 Å². The van der Waals surface area contributed by atoms with Crippen LogP contribution in [0.3, 0.4) is 0 Å². The van der Waals surface area contributed by atoms with Crippen molar-refractivity contribution in [3.05, 3.63) is 77.2 Å². The van der Waals surface area contributed by atoms with Gasteiger partial charge in [0.1, 0.15) is 42.0 Å². The van der Waals surface area contributed by atoms with Gasteiger partial charge in [0.15, 0.2) is 0 Å². The summed E-state index contributed by atoms with van der Waals surface area (Å²) in [4.78, 5) is 75.5. The van der Waals surface area contributed by atoms with Gasteiger partial charge >= 0.3 is 0 Å². The smallest absolute Gasteiger partial charge is 0.276 e. The Morgan fingerprint density at radius 2 is 1.53 bits per heavy atom. The summed E-state index contributed by atoms with van der Waals surface area (Å²) in [6, 6.07) is 9.95. The third-order valence-electron chi connectivity index (χ3n) is 11.7. The zero-order chi connectivity index (χ0) is 53.8. The van der Waals surface area contributed by atoms with Gasteiger partial charge < -0.3 is 35.4 Å². The van der Waals surface area contributed by atoms with Crippen LogP contribution < -0.4 is 42.7 Å². The average Bonchev–Trinajstić information content (AvgIpc) is 4.02. The lowest BCUT2D eigenvalue weighted by Crippen LogP contribution is -2.58. The van der Waals surface area contributed by atoms with Gasteiger partial charge in [-0.2, -0.15) is 10.4 Å². The van der Waals surface area contributed by atoms with Crippen molar-refractivity contribution >= 4 is 103 Å². The number of thioether (sulfide) groups is 2. The van der Waals surface area contributed by atoms with E-state index in [1.807, 2.05) is 27.7 Å². The molecule has 21 nitrogen and oxygen atoms in total. The summed E-state index contributed by atoms with van der Waals surface area (Å²) < 4.78 is 16.8. The van der Waals surface area contributed by atoms with Crippen molar-refractivity contribution in [2.75, 3.05) is 43.2 Å². The predicted octanol–water partition coefficient (Wildman–Crippen LogP) is 6.20. The average molecular weight is 1060 g/mol. The number of hydrogen-bond acceptors (Lipinski definition) is 16. The van der Waals surface area contributed by atoms with Gasteiger partial charge in [-0.15, -0.1) is 18.3 Å².